The fourth-order valence-electron chi connectivity index (χ4n) is 1.56. The van der Waals surface area contributed by atoms with Gasteiger partial charge in [0.15, 0.2) is 0 Å². The number of rotatable bonds is 7. The second-order valence-corrected chi connectivity index (χ2v) is 8.47. The Morgan fingerprint density at radius 3 is 2.55 bits per heavy atom. The lowest BCUT2D eigenvalue weighted by Crippen LogP contribution is -2.25. The quantitative estimate of drug-likeness (QED) is 0.557. The number of aromatic nitrogens is 2. The molecule has 0 aliphatic rings. The molecule has 1 aromatic heterocycles. The Morgan fingerprint density at radius 1 is 1.23 bits per heavy atom. The van der Waals surface area contributed by atoms with Crippen LogP contribution in [0.4, 0.5) is 0 Å². The van der Waals surface area contributed by atoms with E-state index in [1.54, 1.807) is 24.3 Å². The number of sulfonamides is 1. The van der Waals surface area contributed by atoms with E-state index in [1.165, 1.54) is 30.2 Å². The van der Waals surface area contributed by atoms with Crippen molar-refractivity contribution in [2.45, 2.75) is 11.6 Å². The van der Waals surface area contributed by atoms with Gasteiger partial charge in [-0.25, -0.2) is 12.7 Å². The fourth-order valence-corrected chi connectivity index (χ4v) is 3.44. The van der Waals surface area contributed by atoms with E-state index in [2.05, 4.69) is 10.2 Å². The van der Waals surface area contributed by atoms with Crippen molar-refractivity contribution in [2.24, 2.45) is 0 Å². The Kier molecular flexibility index (Phi) is 5.85. The van der Waals surface area contributed by atoms with Crippen molar-refractivity contribution in [3.63, 3.8) is 0 Å². The Morgan fingerprint density at radius 2 is 1.91 bits per heavy atom. The van der Waals surface area contributed by atoms with Gasteiger partial charge in [-0.1, -0.05) is 23.4 Å². The molecule has 1 aromatic carbocycles. The van der Waals surface area contributed by atoms with Crippen LogP contribution in [0.5, 0.6) is 0 Å². The van der Waals surface area contributed by atoms with E-state index in [4.69, 9.17) is 16.0 Å². The molecule has 0 radical (unpaired) electrons. The smallest absolute Gasteiger partial charge is 0.276 e. The molecule has 0 saturated heterocycles. The van der Waals surface area contributed by atoms with E-state index in [0.29, 0.717) is 28.3 Å². The first kappa shape index (κ1) is 17.3. The molecule has 2 aromatic rings. The molecule has 0 spiro atoms. The topological polar surface area (TPSA) is 76.3 Å². The molecule has 0 bridgehead atoms. The van der Waals surface area contributed by atoms with Crippen molar-refractivity contribution >= 4 is 33.4 Å². The summed E-state index contributed by atoms with van der Waals surface area (Å²) in [5, 5.41) is 8.96. The maximum Gasteiger partial charge on any atom is 0.276 e. The predicted molar refractivity (Wildman–Crippen MR) is 87.6 cm³/mol. The molecule has 0 aliphatic heterocycles. The molecule has 9 heteroatoms. The van der Waals surface area contributed by atoms with Crippen molar-refractivity contribution in [3.05, 3.63) is 29.3 Å². The number of halogens is 1. The van der Waals surface area contributed by atoms with Crippen LogP contribution in [-0.4, -0.2) is 48.5 Å². The molecular formula is C13H16ClN3O3S2. The Hall–Kier alpha value is -1.09. The molecule has 1 heterocycles. The standard InChI is InChI=1S/C13H16ClN3O3S2/c1-17(2)22(18,19)9-3-8-21-13-16-15-12(20-13)10-4-6-11(14)7-5-10/h4-7H,3,8-9H2,1-2H3. The molecule has 22 heavy (non-hydrogen) atoms. The van der Waals surface area contributed by atoms with Crippen molar-refractivity contribution in [1.82, 2.24) is 14.5 Å². The largest absolute Gasteiger partial charge is 0.411 e. The lowest BCUT2D eigenvalue weighted by molar-refractivity contribution is 0.466. The van der Waals surface area contributed by atoms with Gasteiger partial charge in [0.25, 0.3) is 5.22 Å². The van der Waals surface area contributed by atoms with Crippen LogP contribution in [0.3, 0.4) is 0 Å². The van der Waals surface area contributed by atoms with Crippen LogP contribution in [0.25, 0.3) is 11.5 Å². The molecule has 0 atom stereocenters. The summed E-state index contributed by atoms with van der Waals surface area (Å²) >= 11 is 7.17. The Bertz CT molecular complexity index is 714. The maximum absolute atomic E-state index is 11.6. The minimum absolute atomic E-state index is 0.102. The molecule has 2 rings (SSSR count). The van der Waals surface area contributed by atoms with E-state index in [0.717, 1.165) is 5.56 Å². The fraction of sp³-hybridized carbons (Fsp3) is 0.385. The van der Waals surface area contributed by atoms with Gasteiger partial charge in [0.1, 0.15) is 0 Å². The molecule has 0 saturated carbocycles. The van der Waals surface area contributed by atoms with E-state index in [-0.39, 0.29) is 5.75 Å². The predicted octanol–water partition coefficient (Wildman–Crippen LogP) is 2.76. The van der Waals surface area contributed by atoms with Crippen molar-refractivity contribution in [1.29, 1.82) is 0 Å². The van der Waals surface area contributed by atoms with Crippen molar-refractivity contribution < 1.29 is 12.8 Å². The lowest BCUT2D eigenvalue weighted by Gasteiger charge is -2.09. The summed E-state index contributed by atoms with van der Waals surface area (Å²) in [4.78, 5) is 0. The van der Waals surface area contributed by atoms with E-state index >= 15 is 0 Å². The average Bonchev–Trinajstić information content (AvgIpc) is 2.93. The zero-order valence-corrected chi connectivity index (χ0v) is 14.6. The summed E-state index contributed by atoms with van der Waals surface area (Å²) < 4.78 is 30.0. The van der Waals surface area contributed by atoms with Gasteiger partial charge in [0, 0.05) is 30.4 Å². The highest BCUT2D eigenvalue weighted by molar-refractivity contribution is 7.99. The van der Waals surface area contributed by atoms with Gasteiger partial charge in [-0.3, -0.25) is 0 Å². The van der Waals surface area contributed by atoms with Crippen LogP contribution < -0.4 is 0 Å². The molecule has 0 unspecified atom stereocenters. The van der Waals surface area contributed by atoms with Crippen LogP contribution in [0.1, 0.15) is 6.42 Å². The number of hydrogen-bond donors (Lipinski definition) is 0. The van der Waals surface area contributed by atoms with Gasteiger partial charge in [-0.05, 0) is 30.7 Å². The summed E-state index contributed by atoms with van der Waals surface area (Å²) in [5.41, 5.74) is 0.791. The number of benzene rings is 1. The molecule has 0 N–H and O–H groups in total. The number of thioether (sulfide) groups is 1. The minimum Gasteiger partial charge on any atom is -0.411 e. The highest BCUT2D eigenvalue weighted by Crippen LogP contribution is 2.24. The Balaban J connectivity index is 1.87. The molecular weight excluding hydrogens is 346 g/mol. The monoisotopic (exact) mass is 361 g/mol. The molecule has 0 aliphatic carbocycles. The zero-order valence-electron chi connectivity index (χ0n) is 12.2. The second-order valence-electron chi connectivity index (χ2n) is 4.68. The Labute approximate surface area is 138 Å². The van der Waals surface area contributed by atoms with Crippen LogP contribution in [0, 0.1) is 0 Å². The first-order chi connectivity index (χ1) is 10.4. The molecule has 6 nitrogen and oxygen atoms in total. The summed E-state index contributed by atoms with van der Waals surface area (Å²) in [5.74, 6) is 1.11. The second kappa shape index (κ2) is 7.45. The van der Waals surface area contributed by atoms with Crippen molar-refractivity contribution in [2.75, 3.05) is 25.6 Å². The van der Waals surface area contributed by atoms with Crippen molar-refractivity contribution in [3.8, 4) is 11.5 Å². The third-order valence-electron chi connectivity index (χ3n) is 2.83. The zero-order chi connectivity index (χ0) is 16.2. The summed E-state index contributed by atoms with van der Waals surface area (Å²) in [6.45, 7) is 0. The maximum atomic E-state index is 11.6. The number of hydrogen-bond acceptors (Lipinski definition) is 6. The molecule has 0 amide bonds. The van der Waals surface area contributed by atoms with Crippen LogP contribution in [0.15, 0.2) is 33.9 Å². The third-order valence-corrected chi connectivity index (χ3v) is 5.90. The van der Waals surface area contributed by atoms with E-state index in [9.17, 15) is 8.42 Å². The lowest BCUT2D eigenvalue weighted by atomic mass is 10.2. The third kappa shape index (κ3) is 4.70. The van der Waals surface area contributed by atoms with Crippen LogP contribution >= 0.6 is 23.4 Å². The summed E-state index contributed by atoms with van der Waals surface area (Å²) in [7, 11) is -0.100. The van der Waals surface area contributed by atoms with Gasteiger partial charge in [0.2, 0.25) is 15.9 Å². The average molecular weight is 362 g/mol. The summed E-state index contributed by atoms with van der Waals surface area (Å²) in [6, 6.07) is 7.10. The van der Waals surface area contributed by atoms with Crippen LogP contribution in [-0.2, 0) is 10.0 Å². The first-order valence-corrected chi connectivity index (χ1v) is 9.48. The highest BCUT2D eigenvalue weighted by Gasteiger charge is 2.14. The molecule has 0 fully saturated rings. The van der Waals surface area contributed by atoms with Crippen LogP contribution in [0.2, 0.25) is 5.02 Å². The van der Waals surface area contributed by atoms with Gasteiger partial charge in [0.05, 0.1) is 5.75 Å². The molecule has 120 valence electrons. The van der Waals surface area contributed by atoms with E-state index in [1.807, 2.05) is 0 Å². The SMILES string of the molecule is CN(C)S(=O)(=O)CCCSc1nnc(-c2ccc(Cl)cc2)o1. The first-order valence-electron chi connectivity index (χ1n) is 6.51. The normalized spacial score (nSPS) is 12.0. The summed E-state index contributed by atoms with van der Waals surface area (Å²) in [6.07, 6.45) is 0.518. The van der Waals surface area contributed by atoms with Gasteiger partial charge in [-0.15, -0.1) is 10.2 Å². The van der Waals surface area contributed by atoms with Gasteiger partial charge >= 0.3 is 0 Å². The minimum atomic E-state index is -3.15. The van der Waals surface area contributed by atoms with Gasteiger partial charge < -0.3 is 4.42 Å². The van der Waals surface area contributed by atoms with Gasteiger partial charge in [-0.2, -0.15) is 0 Å². The highest BCUT2D eigenvalue weighted by atomic mass is 35.5. The number of nitrogens with zero attached hydrogens (tertiary/aromatic N) is 3. The van der Waals surface area contributed by atoms with E-state index < -0.39 is 10.0 Å².